The van der Waals surface area contributed by atoms with Crippen LogP contribution in [-0.2, 0) is 7.05 Å². The average molecular weight is 441 g/mol. The summed E-state index contributed by atoms with van der Waals surface area (Å²) in [6.45, 7) is 3.85. The molecule has 0 fully saturated rings. The Hall–Kier alpha value is -3.14. The first-order valence-electron chi connectivity index (χ1n) is 8.56. The van der Waals surface area contributed by atoms with E-state index in [2.05, 4.69) is 46.5 Å². The monoisotopic (exact) mass is 440 g/mol. The second-order valence-corrected chi connectivity index (χ2v) is 7.18. The highest BCUT2D eigenvalue weighted by atomic mass is 79.9. The molecule has 0 spiro atoms. The summed E-state index contributed by atoms with van der Waals surface area (Å²) in [5.41, 5.74) is 2.66. The third kappa shape index (κ3) is 3.63. The first kappa shape index (κ1) is 18.2. The van der Waals surface area contributed by atoms with Crippen LogP contribution in [0.3, 0.4) is 0 Å². The molecule has 142 valence electrons. The maximum absolute atomic E-state index is 5.90. The summed E-state index contributed by atoms with van der Waals surface area (Å²) >= 11 is 3.37. The fraction of sp³-hybridized carbons (Fsp3) is 0.222. The van der Waals surface area contributed by atoms with Crippen LogP contribution in [0, 0.1) is 6.92 Å². The number of aromatic nitrogens is 8. The van der Waals surface area contributed by atoms with Crippen molar-refractivity contribution in [1.82, 2.24) is 40.0 Å². The Bertz CT molecular complexity index is 1100. The highest BCUT2D eigenvalue weighted by Crippen LogP contribution is 2.23. The molecule has 9 nitrogen and oxygen atoms in total. The van der Waals surface area contributed by atoms with Crippen molar-refractivity contribution in [3.05, 3.63) is 58.5 Å². The topological polar surface area (TPSA) is 96.4 Å². The Morgan fingerprint density at radius 3 is 2.71 bits per heavy atom. The van der Waals surface area contributed by atoms with E-state index < -0.39 is 6.10 Å². The molecule has 0 unspecified atom stereocenters. The van der Waals surface area contributed by atoms with Crippen LogP contribution in [-0.4, -0.2) is 40.0 Å². The molecule has 0 radical (unpaired) electrons. The van der Waals surface area contributed by atoms with Crippen LogP contribution in [0.5, 0.6) is 6.01 Å². The number of nitrogens with zero attached hydrogens (tertiary/aromatic N) is 8. The molecule has 3 aromatic heterocycles. The SMILES string of the molecule is Cc1cccc(-n2nnc([C@@H](C)Oc3nnc(-c4ccc(Br)cn4)n3C)n2)c1. The summed E-state index contributed by atoms with van der Waals surface area (Å²) < 4.78 is 8.53. The molecule has 0 saturated carbocycles. The number of hydrogen-bond donors (Lipinski definition) is 0. The zero-order chi connectivity index (χ0) is 19.7. The maximum Gasteiger partial charge on any atom is 0.317 e. The molecule has 0 saturated heterocycles. The summed E-state index contributed by atoms with van der Waals surface area (Å²) in [4.78, 5) is 5.82. The van der Waals surface area contributed by atoms with Crippen LogP contribution < -0.4 is 4.74 Å². The van der Waals surface area contributed by atoms with Crippen LogP contribution in [0.25, 0.3) is 17.2 Å². The Kier molecular flexibility index (Phi) is 4.86. The molecule has 4 aromatic rings. The predicted octanol–water partition coefficient (Wildman–Crippen LogP) is 3.06. The van der Waals surface area contributed by atoms with Gasteiger partial charge in [0.15, 0.2) is 11.9 Å². The number of benzene rings is 1. The third-order valence-corrected chi connectivity index (χ3v) is 4.57. The second kappa shape index (κ2) is 7.47. The smallest absolute Gasteiger partial charge is 0.317 e. The lowest BCUT2D eigenvalue weighted by Crippen LogP contribution is -2.09. The fourth-order valence-corrected chi connectivity index (χ4v) is 2.84. The van der Waals surface area contributed by atoms with Gasteiger partial charge in [-0.05, 0) is 64.8 Å². The van der Waals surface area contributed by atoms with E-state index in [9.17, 15) is 0 Å². The zero-order valence-corrected chi connectivity index (χ0v) is 17.1. The summed E-state index contributed by atoms with van der Waals surface area (Å²) in [6.07, 6.45) is 1.26. The molecule has 28 heavy (non-hydrogen) atoms. The molecule has 0 aliphatic heterocycles. The highest BCUT2D eigenvalue weighted by molar-refractivity contribution is 9.10. The number of tetrazole rings is 1. The Balaban J connectivity index is 1.53. The zero-order valence-electron chi connectivity index (χ0n) is 15.5. The lowest BCUT2D eigenvalue weighted by atomic mass is 10.2. The molecule has 1 aromatic carbocycles. The van der Waals surface area contributed by atoms with Crippen LogP contribution in [0.2, 0.25) is 0 Å². The molecular weight excluding hydrogens is 424 g/mol. The number of aryl methyl sites for hydroxylation is 1. The minimum Gasteiger partial charge on any atom is -0.452 e. The number of hydrogen-bond acceptors (Lipinski definition) is 7. The quantitative estimate of drug-likeness (QED) is 0.470. The standard InChI is InChI=1S/C18H17BrN8O/c1-11-5-4-6-14(9-11)27-24-16(21-25-27)12(2)28-18-23-22-17(26(18)3)15-8-7-13(19)10-20-15/h4-10,12H,1-3H3/t12-/m1/s1. The Morgan fingerprint density at radius 2 is 1.96 bits per heavy atom. The third-order valence-electron chi connectivity index (χ3n) is 4.10. The average Bonchev–Trinajstić information content (AvgIpc) is 3.31. The summed E-state index contributed by atoms with van der Waals surface area (Å²) in [5, 5.41) is 20.9. The largest absolute Gasteiger partial charge is 0.452 e. The Labute approximate surface area is 169 Å². The number of rotatable bonds is 5. The summed E-state index contributed by atoms with van der Waals surface area (Å²) in [5.74, 6) is 1.05. The number of ether oxygens (including phenoxy) is 1. The molecular formula is C18H17BrN8O. The van der Waals surface area contributed by atoms with Crippen molar-refractivity contribution in [1.29, 1.82) is 0 Å². The van der Waals surface area contributed by atoms with E-state index >= 15 is 0 Å². The van der Waals surface area contributed by atoms with Crippen LogP contribution >= 0.6 is 15.9 Å². The molecule has 0 bridgehead atoms. The molecule has 0 N–H and O–H groups in total. The maximum atomic E-state index is 5.90. The molecule has 0 aliphatic carbocycles. The van der Waals surface area contributed by atoms with Crippen LogP contribution in [0.15, 0.2) is 47.1 Å². The van der Waals surface area contributed by atoms with Gasteiger partial charge in [-0.2, -0.15) is 0 Å². The van der Waals surface area contributed by atoms with E-state index in [0.29, 0.717) is 23.4 Å². The summed E-state index contributed by atoms with van der Waals surface area (Å²) in [6, 6.07) is 12.0. The van der Waals surface area contributed by atoms with E-state index in [1.807, 2.05) is 57.3 Å². The van der Waals surface area contributed by atoms with Crippen molar-refractivity contribution in [2.24, 2.45) is 7.05 Å². The van der Waals surface area contributed by atoms with E-state index in [4.69, 9.17) is 4.74 Å². The summed E-state index contributed by atoms with van der Waals surface area (Å²) in [7, 11) is 1.82. The first-order valence-corrected chi connectivity index (χ1v) is 9.35. The van der Waals surface area contributed by atoms with E-state index in [0.717, 1.165) is 15.7 Å². The lowest BCUT2D eigenvalue weighted by molar-refractivity contribution is 0.190. The predicted molar refractivity (Wildman–Crippen MR) is 105 cm³/mol. The van der Waals surface area contributed by atoms with Gasteiger partial charge in [0, 0.05) is 17.7 Å². The normalized spacial score (nSPS) is 12.1. The van der Waals surface area contributed by atoms with Crippen molar-refractivity contribution in [3.8, 4) is 23.2 Å². The molecule has 10 heteroatoms. The fourth-order valence-electron chi connectivity index (χ4n) is 2.61. The molecule has 4 rings (SSSR count). The van der Waals surface area contributed by atoms with Gasteiger partial charge in [-0.25, -0.2) is 0 Å². The van der Waals surface area contributed by atoms with Crippen molar-refractivity contribution in [2.75, 3.05) is 0 Å². The van der Waals surface area contributed by atoms with Crippen molar-refractivity contribution >= 4 is 15.9 Å². The van der Waals surface area contributed by atoms with E-state index in [1.165, 1.54) is 4.80 Å². The van der Waals surface area contributed by atoms with Gasteiger partial charge >= 0.3 is 6.01 Å². The number of halogens is 1. The van der Waals surface area contributed by atoms with Gasteiger partial charge in [0.05, 0.1) is 5.69 Å². The van der Waals surface area contributed by atoms with E-state index in [-0.39, 0.29) is 0 Å². The highest BCUT2D eigenvalue weighted by Gasteiger charge is 2.19. The number of pyridine rings is 1. The molecule has 1 atom stereocenters. The second-order valence-electron chi connectivity index (χ2n) is 6.26. The van der Waals surface area contributed by atoms with Gasteiger partial charge in [-0.3, -0.25) is 9.55 Å². The van der Waals surface area contributed by atoms with Gasteiger partial charge in [-0.15, -0.1) is 20.1 Å². The lowest BCUT2D eigenvalue weighted by Gasteiger charge is -2.10. The van der Waals surface area contributed by atoms with Gasteiger partial charge in [-0.1, -0.05) is 17.2 Å². The van der Waals surface area contributed by atoms with Gasteiger partial charge in [0.2, 0.25) is 5.82 Å². The Morgan fingerprint density at radius 1 is 1.11 bits per heavy atom. The minimum absolute atomic E-state index is 0.346. The van der Waals surface area contributed by atoms with Gasteiger partial charge < -0.3 is 4.74 Å². The van der Waals surface area contributed by atoms with Crippen molar-refractivity contribution < 1.29 is 4.74 Å². The molecule has 0 aliphatic rings. The molecule has 3 heterocycles. The molecule has 0 amide bonds. The van der Waals surface area contributed by atoms with Gasteiger partial charge in [0.25, 0.3) is 0 Å². The van der Waals surface area contributed by atoms with Gasteiger partial charge in [0.1, 0.15) is 5.69 Å². The van der Waals surface area contributed by atoms with Crippen LogP contribution in [0.1, 0.15) is 24.4 Å². The first-order chi connectivity index (χ1) is 13.5. The minimum atomic E-state index is -0.452. The van der Waals surface area contributed by atoms with Crippen molar-refractivity contribution in [3.63, 3.8) is 0 Å². The van der Waals surface area contributed by atoms with E-state index in [1.54, 1.807) is 10.8 Å². The van der Waals surface area contributed by atoms with Crippen LogP contribution in [0.4, 0.5) is 0 Å². The van der Waals surface area contributed by atoms with Crippen molar-refractivity contribution in [2.45, 2.75) is 20.0 Å².